The van der Waals surface area contributed by atoms with Crippen molar-refractivity contribution in [2.24, 2.45) is 0 Å². The van der Waals surface area contributed by atoms with Crippen LogP contribution in [0.1, 0.15) is 22.8 Å². The Morgan fingerprint density at radius 2 is 1.62 bits per heavy atom. The number of carboxylic acids is 1. The molecule has 128 valence electrons. The topological polar surface area (TPSA) is 59.3 Å². The van der Waals surface area contributed by atoms with Gasteiger partial charge in [-0.3, -0.25) is 4.79 Å². The van der Waals surface area contributed by atoms with Crippen LogP contribution in [-0.2, 0) is 11.2 Å². The van der Waals surface area contributed by atoms with Crippen LogP contribution in [0.5, 0.6) is 0 Å². The second kappa shape index (κ2) is 6.15. The largest absolute Gasteiger partial charge is 0.475 e. The quantitative estimate of drug-likeness (QED) is 0.435. The van der Waals surface area contributed by atoms with E-state index in [0.29, 0.717) is 6.42 Å². The highest BCUT2D eigenvalue weighted by Gasteiger charge is 2.20. The van der Waals surface area contributed by atoms with Gasteiger partial charge in [0, 0.05) is 22.0 Å². The van der Waals surface area contributed by atoms with Crippen LogP contribution in [0.15, 0.2) is 66.7 Å². The third-order valence-corrected chi connectivity index (χ3v) is 4.70. The van der Waals surface area contributed by atoms with Gasteiger partial charge in [0.1, 0.15) is 0 Å². The summed E-state index contributed by atoms with van der Waals surface area (Å²) in [6.07, 6.45) is 0.695. The molecule has 0 aliphatic rings. The number of hydrogen-bond acceptors (Lipinski definition) is 2. The molecule has 0 amide bonds. The van der Waals surface area contributed by atoms with Crippen LogP contribution in [0.4, 0.5) is 0 Å². The Hall–Kier alpha value is -3.40. The maximum Gasteiger partial charge on any atom is 0.377 e. The van der Waals surface area contributed by atoms with Gasteiger partial charge in [-0.2, -0.15) is 0 Å². The zero-order valence-corrected chi connectivity index (χ0v) is 14.3. The molecule has 0 atom stereocenters. The molecule has 0 saturated heterocycles. The van der Waals surface area contributed by atoms with Gasteiger partial charge in [-0.1, -0.05) is 43.3 Å². The predicted molar refractivity (Wildman–Crippen MR) is 102 cm³/mol. The lowest BCUT2D eigenvalue weighted by Crippen LogP contribution is -2.13. The Morgan fingerprint density at radius 3 is 2.31 bits per heavy atom. The van der Waals surface area contributed by atoms with Gasteiger partial charge in [0.25, 0.3) is 5.78 Å². The molecule has 0 fully saturated rings. The van der Waals surface area contributed by atoms with Gasteiger partial charge in [-0.25, -0.2) is 4.79 Å². The fourth-order valence-electron chi connectivity index (χ4n) is 3.55. The van der Waals surface area contributed by atoms with E-state index in [-0.39, 0.29) is 5.56 Å². The van der Waals surface area contributed by atoms with Crippen molar-refractivity contribution in [3.05, 3.63) is 77.9 Å². The number of nitrogens with zero attached hydrogens (tertiary/aromatic N) is 1. The third kappa shape index (κ3) is 2.39. The number of para-hydroxylation sites is 2. The van der Waals surface area contributed by atoms with Crippen molar-refractivity contribution in [3.63, 3.8) is 0 Å². The Bertz CT molecular complexity index is 1160. The smallest absolute Gasteiger partial charge is 0.377 e. The first-order valence-corrected chi connectivity index (χ1v) is 8.51. The van der Waals surface area contributed by atoms with Crippen molar-refractivity contribution in [1.82, 2.24) is 4.57 Å². The molecular formula is C22H17NO3. The van der Waals surface area contributed by atoms with E-state index in [2.05, 4.69) is 4.57 Å². The fraction of sp³-hybridized carbons (Fsp3) is 0.0909. The second-order valence-electron chi connectivity index (χ2n) is 6.21. The van der Waals surface area contributed by atoms with E-state index >= 15 is 0 Å². The molecule has 1 N–H and O–H groups in total. The number of aliphatic carboxylic acids is 1. The molecule has 0 aliphatic carbocycles. The highest BCUT2D eigenvalue weighted by Crippen LogP contribution is 2.35. The number of hydrogen-bond donors (Lipinski definition) is 1. The number of Topliss-reactive ketones (excluding diaryl/α,β-unsaturated/α-hetero) is 1. The first-order valence-electron chi connectivity index (χ1n) is 8.51. The van der Waals surface area contributed by atoms with E-state index in [0.717, 1.165) is 33.1 Å². The van der Waals surface area contributed by atoms with Crippen LogP contribution < -0.4 is 0 Å². The number of aromatic nitrogens is 1. The van der Waals surface area contributed by atoms with Crippen LogP contribution >= 0.6 is 0 Å². The summed E-state index contributed by atoms with van der Waals surface area (Å²) in [5, 5.41) is 11.0. The second-order valence-corrected chi connectivity index (χ2v) is 6.21. The summed E-state index contributed by atoms with van der Waals surface area (Å²) >= 11 is 0. The zero-order chi connectivity index (χ0) is 18.3. The predicted octanol–water partition coefficient (Wildman–Crippen LogP) is 4.61. The highest BCUT2D eigenvalue weighted by atomic mass is 16.4. The monoisotopic (exact) mass is 343 g/mol. The van der Waals surface area contributed by atoms with Crippen molar-refractivity contribution >= 4 is 33.6 Å². The molecule has 0 bridgehead atoms. The standard InChI is InChI=1S/C22H17NO3/c1-2-14-12-15(21(24)22(25)26)13-18-17-10-6-7-11-19(17)23(20(14)18)16-8-4-3-5-9-16/h3-13H,2H2,1H3,(H,25,26). The maximum absolute atomic E-state index is 12.1. The Morgan fingerprint density at radius 1 is 0.923 bits per heavy atom. The summed E-state index contributed by atoms with van der Waals surface area (Å²) in [5.74, 6) is -2.31. The van der Waals surface area contributed by atoms with Crippen molar-refractivity contribution in [2.75, 3.05) is 0 Å². The zero-order valence-electron chi connectivity index (χ0n) is 14.3. The lowest BCUT2D eigenvalue weighted by Gasteiger charge is -2.11. The van der Waals surface area contributed by atoms with Crippen molar-refractivity contribution in [1.29, 1.82) is 0 Å². The molecule has 0 aliphatic heterocycles. The first-order chi connectivity index (χ1) is 12.6. The molecule has 0 radical (unpaired) electrons. The molecule has 0 spiro atoms. The molecular weight excluding hydrogens is 326 g/mol. The summed E-state index contributed by atoms with van der Waals surface area (Å²) in [6, 6.07) is 21.4. The Labute approximate surface area is 150 Å². The number of ketones is 1. The molecule has 26 heavy (non-hydrogen) atoms. The average molecular weight is 343 g/mol. The van der Waals surface area contributed by atoms with Crippen molar-refractivity contribution < 1.29 is 14.7 Å². The maximum atomic E-state index is 12.1. The van der Waals surface area contributed by atoms with Crippen LogP contribution in [0, 0.1) is 0 Å². The van der Waals surface area contributed by atoms with Crippen LogP contribution in [0.25, 0.3) is 27.5 Å². The molecule has 1 aromatic heterocycles. The van der Waals surface area contributed by atoms with Gasteiger partial charge in [0.2, 0.25) is 0 Å². The van der Waals surface area contributed by atoms with Crippen LogP contribution in [0.2, 0.25) is 0 Å². The molecule has 1 heterocycles. The molecule has 4 heteroatoms. The fourth-order valence-corrected chi connectivity index (χ4v) is 3.55. The van der Waals surface area contributed by atoms with E-state index < -0.39 is 11.8 Å². The first kappa shape index (κ1) is 16.1. The van der Waals surface area contributed by atoms with Crippen LogP contribution in [-0.4, -0.2) is 21.4 Å². The summed E-state index contributed by atoms with van der Waals surface area (Å²) in [4.78, 5) is 23.2. The number of benzene rings is 3. The highest BCUT2D eigenvalue weighted by molar-refractivity contribution is 6.40. The van der Waals surface area contributed by atoms with Gasteiger partial charge in [0.05, 0.1) is 11.0 Å². The summed E-state index contributed by atoms with van der Waals surface area (Å²) in [6.45, 7) is 2.01. The van der Waals surface area contributed by atoms with E-state index in [9.17, 15) is 9.59 Å². The molecule has 3 aromatic carbocycles. The third-order valence-electron chi connectivity index (χ3n) is 4.70. The molecule has 0 saturated carbocycles. The average Bonchev–Trinajstić information content (AvgIpc) is 3.01. The number of carbonyl (C=O) groups is 2. The summed E-state index contributed by atoms with van der Waals surface area (Å²) in [7, 11) is 0. The summed E-state index contributed by atoms with van der Waals surface area (Å²) in [5.41, 5.74) is 4.25. The van der Waals surface area contributed by atoms with Gasteiger partial charge in [-0.15, -0.1) is 0 Å². The Balaban J connectivity index is 2.17. The van der Waals surface area contributed by atoms with E-state index in [1.54, 1.807) is 12.1 Å². The SMILES string of the molecule is CCc1cc(C(=O)C(=O)O)cc2c3ccccc3n(-c3ccccc3)c12. The Kier molecular flexibility index (Phi) is 3.81. The van der Waals surface area contributed by atoms with E-state index in [4.69, 9.17) is 5.11 Å². The lowest BCUT2D eigenvalue weighted by molar-refractivity contribution is -0.131. The van der Waals surface area contributed by atoms with Gasteiger partial charge in [0.15, 0.2) is 0 Å². The number of fused-ring (bicyclic) bond motifs is 3. The minimum atomic E-state index is -1.43. The number of rotatable bonds is 4. The van der Waals surface area contributed by atoms with Crippen molar-refractivity contribution in [3.8, 4) is 5.69 Å². The molecule has 4 nitrogen and oxygen atoms in total. The number of carboxylic acid groups (broad SMARTS) is 1. The molecule has 4 rings (SSSR count). The number of aryl methyl sites for hydroxylation is 1. The van der Waals surface area contributed by atoms with Gasteiger partial charge >= 0.3 is 5.97 Å². The summed E-state index contributed by atoms with van der Waals surface area (Å²) < 4.78 is 2.18. The van der Waals surface area contributed by atoms with Crippen LogP contribution in [0.3, 0.4) is 0 Å². The molecule has 4 aromatic rings. The minimum absolute atomic E-state index is 0.220. The molecule has 0 unspecified atom stereocenters. The normalized spacial score (nSPS) is 11.1. The number of carbonyl (C=O) groups excluding carboxylic acids is 1. The van der Waals surface area contributed by atoms with Gasteiger partial charge in [-0.05, 0) is 42.3 Å². The van der Waals surface area contributed by atoms with E-state index in [1.165, 1.54) is 0 Å². The minimum Gasteiger partial charge on any atom is -0.475 e. The van der Waals surface area contributed by atoms with Gasteiger partial charge < -0.3 is 9.67 Å². The lowest BCUT2D eigenvalue weighted by atomic mass is 10.0. The van der Waals surface area contributed by atoms with Crippen molar-refractivity contribution in [2.45, 2.75) is 13.3 Å². The van der Waals surface area contributed by atoms with E-state index in [1.807, 2.05) is 61.5 Å².